The number of hydrogen-bond acceptors (Lipinski definition) is 5. The zero-order chi connectivity index (χ0) is 15.6. The third-order valence-electron chi connectivity index (χ3n) is 2.97. The maximum atomic E-state index is 12.0. The molecule has 0 radical (unpaired) electrons. The molecule has 1 saturated heterocycles. The molecule has 0 amide bonds. The predicted octanol–water partition coefficient (Wildman–Crippen LogP) is 2.09. The Hall–Kier alpha value is -0.670. The average molecular weight is 399 g/mol. The van der Waals surface area contributed by atoms with E-state index in [1.165, 1.54) is 6.07 Å². The van der Waals surface area contributed by atoms with Crippen LogP contribution in [0.25, 0.3) is 0 Å². The molecule has 0 saturated carbocycles. The summed E-state index contributed by atoms with van der Waals surface area (Å²) >= 11 is 9.08. The Morgan fingerprint density at radius 2 is 2.24 bits per heavy atom. The highest BCUT2D eigenvalue weighted by Gasteiger charge is 2.22. The van der Waals surface area contributed by atoms with Crippen LogP contribution < -0.4 is 5.14 Å². The summed E-state index contributed by atoms with van der Waals surface area (Å²) in [4.78, 5) is 11.8. The number of benzene rings is 1. The first kappa shape index (κ1) is 16.7. The van der Waals surface area contributed by atoms with E-state index in [1.807, 2.05) is 0 Å². The van der Waals surface area contributed by atoms with E-state index >= 15 is 0 Å². The van der Waals surface area contributed by atoms with Gasteiger partial charge in [0.1, 0.15) is 6.61 Å². The Kier molecular flexibility index (Phi) is 5.26. The molecule has 1 heterocycles. The molecular weight excluding hydrogens is 386 g/mol. The van der Waals surface area contributed by atoms with Crippen LogP contribution in [-0.2, 0) is 19.5 Å². The van der Waals surface area contributed by atoms with Crippen LogP contribution in [0.1, 0.15) is 23.2 Å². The summed E-state index contributed by atoms with van der Waals surface area (Å²) < 4.78 is 33.5. The van der Waals surface area contributed by atoms with Crippen molar-refractivity contribution in [3.63, 3.8) is 0 Å². The molecule has 1 aliphatic rings. The highest BCUT2D eigenvalue weighted by Crippen LogP contribution is 2.30. The number of nitrogens with two attached hydrogens (primary N) is 1. The van der Waals surface area contributed by atoms with E-state index in [1.54, 1.807) is 0 Å². The molecule has 2 N–H and O–H groups in total. The lowest BCUT2D eigenvalue weighted by molar-refractivity contribution is 0.0161. The fourth-order valence-corrected chi connectivity index (χ4v) is 3.26. The second-order valence-electron chi connectivity index (χ2n) is 4.55. The maximum Gasteiger partial charge on any atom is 0.339 e. The van der Waals surface area contributed by atoms with Crippen LogP contribution in [0.4, 0.5) is 0 Å². The number of carbonyl (C=O) groups excluding carboxylic acids is 1. The van der Waals surface area contributed by atoms with Crippen LogP contribution in [0, 0.1) is 0 Å². The first-order chi connectivity index (χ1) is 9.79. The molecule has 21 heavy (non-hydrogen) atoms. The molecule has 2 rings (SSSR count). The monoisotopic (exact) mass is 397 g/mol. The molecule has 1 aromatic carbocycles. The van der Waals surface area contributed by atoms with Gasteiger partial charge in [0.05, 0.1) is 21.6 Å². The Morgan fingerprint density at radius 1 is 1.52 bits per heavy atom. The Bertz CT molecular complexity index is 658. The normalized spacial score (nSPS) is 18.7. The SMILES string of the molecule is NS(=O)(=O)c1cc(Br)c(Cl)c(C(=O)OCC2CCCO2)c1. The van der Waals surface area contributed by atoms with E-state index < -0.39 is 16.0 Å². The van der Waals surface area contributed by atoms with Crippen LogP contribution in [0.15, 0.2) is 21.5 Å². The van der Waals surface area contributed by atoms with E-state index in [-0.39, 0.29) is 32.7 Å². The second-order valence-corrected chi connectivity index (χ2v) is 7.34. The van der Waals surface area contributed by atoms with Crippen molar-refractivity contribution in [3.8, 4) is 0 Å². The molecule has 9 heteroatoms. The molecule has 0 spiro atoms. The highest BCUT2D eigenvalue weighted by atomic mass is 79.9. The summed E-state index contributed by atoms with van der Waals surface area (Å²) in [7, 11) is -3.95. The molecule has 1 unspecified atom stereocenters. The minimum absolute atomic E-state index is 0.0620. The number of esters is 1. The van der Waals surface area contributed by atoms with E-state index in [0.717, 1.165) is 18.9 Å². The van der Waals surface area contributed by atoms with Gasteiger partial charge in [0.15, 0.2) is 0 Å². The summed E-state index contributed by atoms with van der Waals surface area (Å²) in [6.45, 7) is 0.752. The first-order valence-electron chi connectivity index (χ1n) is 6.09. The highest BCUT2D eigenvalue weighted by molar-refractivity contribution is 9.10. The van der Waals surface area contributed by atoms with Gasteiger partial charge in [-0.05, 0) is 40.9 Å². The average Bonchev–Trinajstić information content (AvgIpc) is 2.91. The zero-order valence-corrected chi connectivity index (χ0v) is 14.0. The van der Waals surface area contributed by atoms with E-state index in [2.05, 4.69) is 15.9 Å². The molecule has 0 aliphatic carbocycles. The summed E-state index contributed by atoms with van der Waals surface area (Å²) in [5.74, 6) is -0.721. The number of primary sulfonamides is 1. The fraction of sp³-hybridized carbons (Fsp3) is 0.417. The van der Waals surface area contributed by atoms with Crippen molar-refractivity contribution >= 4 is 43.5 Å². The summed E-state index contributed by atoms with van der Waals surface area (Å²) in [6.07, 6.45) is 1.62. The molecule has 0 bridgehead atoms. The van der Waals surface area contributed by atoms with Gasteiger partial charge in [-0.3, -0.25) is 0 Å². The zero-order valence-electron chi connectivity index (χ0n) is 10.8. The lowest BCUT2D eigenvalue weighted by Gasteiger charge is -2.12. The van der Waals surface area contributed by atoms with Gasteiger partial charge in [0.25, 0.3) is 0 Å². The number of ether oxygens (including phenoxy) is 2. The molecule has 116 valence electrons. The van der Waals surface area contributed by atoms with Gasteiger partial charge in [-0.1, -0.05) is 11.6 Å². The molecule has 1 aliphatic heterocycles. The number of hydrogen-bond donors (Lipinski definition) is 1. The van der Waals surface area contributed by atoms with Gasteiger partial charge < -0.3 is 9.47 Å². The fourth-order valence-electron chi connectivity index (χ4n) is 1.90. The van der Waals surface area contributed by atoms with Crippen molar-refractivity contribution in [1.29, 1.82) is 0 Å². The quantitative estimate of drug-likeness (QED) is 0.783. The van der Waals surface area contributed by atoms with Crippen LogP contribution in [0.2, 0.25) is 5.02 Å². The first-order valence-corrected chi connectivity index (χ1v) is 8.81. The standard InChI is InChI=1S/C12H13BrClNO5S/c13-10-5-8(21(15,17)18)4-9(11(10)14)12(16)20-6-7-2-1-3-19-7/h4-5,7H,1-3,6H2,(H2,15,17,18). The third-order valence-corrected chi connectivity index (χ3v) is 5.13. The molecule has 6 nitrogen and oxygen atoms in total. The summed E-state index contributed by atoms with van der Waals surface area (Å²) in [5, 5.41) is 5.12. The molecule has 1 atom stereocenters. The summed E-state index contributed by atoms with van der Waals surface area (Å²) in [6, 6.07) is 2.33. The second kappa shape index (κ2) is 6.62. The van der Waals surface area contributed by atoms with Crippen LogP contribution >= 0.6 is 27.5 Å². The maximum absolute atomic E-state index is 12.0. The lowest BCUT2D eigenvalue weighted by Crippen LogP contribution is -2.19. The van der Waals surface area contributed by atoms with Gasteiger partial charge >= 0.3 is 5.97 Å². The Balaban J connectivity index is 2.21. The smallest absolute Gasteiger partial charge is 0.339 e. The van der Waals surface area contributed by atoms with Crippen molar-refractivity contribution < 1.29 is 22.7 Å². The van der Waals surface area contributed by atoms with Crippen molar-refractivity contribution in [2.75, 3.05) is 13.2 Å². The van der Waals surface area contributed by atoms with Crippen molar-refractivity contribution in [3.05, 3.63) is 27.2 Å². The number of halogens is 2. The van der Waals surface area contributed by atoms with Crippen molar-refractivity contribution in [2.45, 2.75) is 23.8 Å². The Morgan fingerprint density at radius 3 is 2.81 bits per heavy atom. The number of carbonyl (C=O) groups is 1. The number of rotatable bonds is 4. The van der Waals surface area contributed by atoms with Gasteiger partial charge in [-0.25, -0.2) is 18.4 Å². The van der Waals surface area contributed by atoms with Gasteiger partial charge in [-0.2, -0.15) is 0 Å². The largest absolute Gasteiger partial charge is 0.459 e. The van der Waals surface area contributed by atoms with E-state index in [4.69, 9.17) is 26.2 Å². The topological polar surface area (TPSA) is 95.7 Å². The van der Waals surface area contributed by atoms with Crippen LogP contribution in [0.5, 0.6) is 0 Å². The Labute approximate surface area is 135 Å². The van der Waals surface area contributed by atoms with Gasteiger partial charge in [0.2, 0.25) is 10.0 Å². The predicted molar refractivity (Wildman–Crippen MR) is 79.8 cm³/mol. The van der Waals surface area contributed by atoms with E-state index in [9.17, 15) is 13.2 Å². The van der Waals surface area contributed by atoms with E-state index in [0.29, 0.717) is 6.61 Å². The third kappa shape index (κ3) is 4.17. The molecule has 1 aromatic rings. The van der Waals surface area contributed by atoms with Crippen molar-refractivity contribution in [2.24, 2.45) is 5.14 Å². The molecule has 1 fully saturated rings. The van der Waals surface area contributed by atoms with Crippen molar-refractivity contribution in [1.82, 2.24) is 0 Å². The molecule has 0 aromatic heterocycles. The lowest BCUT2D eigenvalue weighted by atomic mass is 10.2. The van der Waals surface area contributed by atoms with Crippen LogP contribution in [0.3, 0.4) is 0 Å². The minimum atomic E-state index is -3.95. The minimum Gasteiger partial charge on any atom is -0.459 e. The van der Waals surface area contributed by atoms with Gasteiger partial charge in [0, 0.05) is 11.1 Å². The number of sulfonamides is 1. The van der Waals surface area contributed by atoms with Crippen LogP contribution in [-0.4, -0.2) is 33.7 Å². The van der Waals surface area contributed by atoms with Gasteiger partial charge in [-0.15, -0.1) is 0 Å². The molecular formula is C12H13BrClNO5S. The summed E-state index contributed by atoms with van der Waals surface area (Å²) in [5.41, 5.74) is -0.0620.